The molecule has 0 bridgehead atoms. The first-order valence-electron chi connectivity index (χ1n) is 8.87. The van der Waals surface area contributed by atoms with Crippen molar-refractivity contribution in [3.8, 4) is 0 Å². The minimum Gasteiger partial charge on any atom is -0.348 e. The van der Waals surface area contributed by atoms with Gasteiger partial charge in [-0.2, -0.15) is 0 Å². The average molecular weight is 380 g/mol. The van der Waals surface area contributed by atoms with Gasteiger partial charge < -0.3 is 5.32 Å². The van der Waals surface area contributed by atoms with Crippen molar-refractivity contribution in [2.75, 3.05) is 6.54 Å². The Balaban J connectivity index is 1.64. The summed E-state index contributed by atoms with van der Waals surface area (Å²) in [7, 11) is 0. The van der Waals surface area contributed by atoms with Crippen LogP contribution in [0.1, 0.15) is 35.8 Å². The summed E-state index contributed by atoms with van der Waals surface area (Å²) in [5, 5.41) is 7.01. The topological polar surface area (TPSA) is 54.0 Å². The van der Waals surface area contributed by atoms with Crippen LogP contribution in [0.4, 0.5) is 0 Å². The lowest BCUT2D eigenvalue weighted by Crippen LogP contribution is -2.37. The monoisotopic (exact) mass is 379 g/mol. The number of halogens is 1. The molecule has 0 spiro atoms. The Labute approximate surface area is 164 Å². The zero-order valence-corrected chi connectivity index (χ0v) is 15.9. The summed E-state index contributed by atoms with van der Waals surface area (Å²) in [4.78, 5) is 16.9. The third-order valence-electron chi connectivity index (χ3n) is 4.33. The highest BCUT2D eigenvalue weighted by molar-refractivity contribution is 6.30. The maximum Gasteiger partial charge on any atom is 0.234 e. The van der Waals surface area contributed by atoms with E-state index in [1.54, 1.807) is 6.20 Å². The Kier molecular flexibility index (Phi) is 6.58. The second-order valence-corrected chi connectivity index (χ2v) is 6.76. The zero-order valence-electron chi connectivity index (χ0n) is 15.1. The van der Waals surface area contributed by atoms with Gasteiger partial charge in [0.15, 0.2) is 0 Å². The predicted molar refractivity (Wildman–Crippen MR) is 109 cm³/mol. The molecule has 0 aliphatic rings. The summed E-state index contributed by atoms with van der Waals surface area (Å²) in [6.45, 7) is 2.14. The van der Waals surface area contributed by atoms with Gasteiger partial charge in [-0.25, -0.2) is 0 Å². The second-order valence-electron chi connectivity index (χ2n) is 6.32. The lowest BCUT2D eigenvalue weighted by atomic mass is 10.0. The van der Waals surface area contributed by atoms with Crippen LogP contribution in [0.25, 0.3) is 0 Å². The lowest BCUT2D eigenvalue weighted by molar-refractivity contribution is -0.121. The SMILES string of the molecule is CC(NC(=O)CNC(c1ccccc1)c1ccccn1)c1ccc(Cl)cc1. The molecule has 0 radical (unpaired) electrons. The van der Waals surface area contributed by atoms with Gasteiger partial charge >= 0.3 is 0 Å². The maximum absolute atomic E-state index is 12.4. The molecular formula is C22H22ClN3O. The Morgan fingerprint density at radius 3 is 2.33 bits per heavy atom. The van der Waals surface area contributed by atoms with Gasteiger partial charge in [0, 0.05) is 11.2 Å². The Hall–Kier alpha value is -2.69. The van der Waals surface area contributed by atoms with E-state index in [4.69, 9.17) is 11.6 Å². The van der Waals surface area contributed by atoms with Gasteiger partial charge in [0.1, 0.15) is 0 Å². The number of carbonyl (C=O) groups is 1. The third kappa shape index (κ3) is 5.39. The van der Waals surface area contributed by atoms with Gasteiger partial charge in [0.25, 0.3) is 0 Å². The van der Waals surface area contributed by atoms with Gasteiger partial charge in [-0.05, 0) is 42.3 Å². The van der Waals surface area contributed by atoms with Crippen LogP contribution >= 0.6 is 11.6 Å². The Morgan fingerprint density at radius 2 is 1.67 bits per heavy atom. The molecule has 0 aliphatic heterocycles. The largest absolute Gasteiger partial charge is 0.348 e. The molecule has 5 heteroatoms. The summed E-state index contributed by atoms with van der Waals surface area (Å²) >= 11 is 5.92. The molecule has 1 heterocycles. The van der Waals surface area contributed by atoms with E-state index in [1.165, 1.54) is 0 Å². The number of hydrogen-bond acceptors (Lipinski definition) is 3. The predicted octanol–water partition coefficient (Wildman–Crippen LogP) is 4.29. The van der Waals surface area contributed by atoms with Crippen molar-refractivity contribution in [2.24, 2.45) is 0 Å². The summed E-state index contributed by atoms with van der Waals surface area (Å²) in [5.74, 6) is -0.0747. The number of amides is 1. The summed E-state index contributed by atoms with van der Waals surface area (Å²) in [6, 6.07) is 23.0. The van der Waals surface area contributed by atoms with Crippen LogP contribution in [-0.4, -0.2) is 17.4 Å². The van der Waals surface area contributed by atoms with E-state index < -0.39 is 0 Å². The summed E-state index contributed by atoms with van der Waals surface area (Å²) in [6.07, 6.45) is 1.76. The number of rotatable bonds is 7. The fourth-order valence-corrected chi connectivity index (χ4v) is 3.03. The zero-order chi connectivity index (χ0) is 19.1. The smallest absolute Gasteiger partial charge is 0.234 e. The van der Waals surface area contributed by atoms with Gasteiger partial charge in [-0.3, -0.25) is 15.1 Å². The normalized spacial score (nSPS) is 13.0. The van der Waals surface area contributed by atoms with E-state index >= 15 is 0 Å². The van der Waals surface area contributed by atoms with Gasteiger partial charge in [0.2, 0.25) is 5.91 Å². The van der Waals surface area contributed by atoms with Crippen LogP contribution in [0.2, 0.25) is 5.02 Å². The lowest BCUT2D eigenvalue weighted by Gasteiger charge is -2.20. The molecule has 3 rings (SSSR count). The third-order valence-corrected chi connectivity index (χ3v) is 4.58. The van der Waals surface area contributed by atoms with Crippen LogP contribution in [-0.2, 0) is 4.79 Å². The Morgan fingerprint density at radius 1 is 0.963 bits per heavy atom. The molecule has 0 aliphatic carbocycles. The Bertz CT molecular complexity index is 814. The highest BCUT2D eigenvalue weighted by Crippen LogP contribution is 2.20. The number of carbonyl (C=O) groups excluding carboxylic acids is 1. The van der Waals surface area contributed by atoms with E-state index in [2.05, 4.69) is 15.6 Å². The van der Waals surface area contributed by atoms with E-state index in [0.29, 0.717) is 5.02 Å². The highest BCUT2D eigenvalue weighted by Gasteiger charge is 2.17. The van der Waals surface area contributed by atoms with Crippen molar-refractivity contribution in [3.63, 3.8) is 0 Å². The summed E-state index contributed by atoms with van der Waals surface area (Å²) in [5.41, 5.74) is 2.95. The quantitative estimate of drug-likeness (QED) is 0.643. The van der Waals surface area contributed by atoms with Crippen molar-refractivity contribution in [2.45, 2.75) is 19.0 Å². The van der Waals surface area contributed by atoms with E-state index in [1.807, 2.05) is 79.7 Å². The van der Waals surface area contributed by atoms with Gasteiger partial charge in [-0.15, -0.1) is 0 Å². The van der Waals surface area contributed by atoms with E-state index in [0.717, 1.165) is 16.8 Å². The van der Waals surface area contributed by atoms with Crippen molar-refractivity contribution < 1.29 is 4.79 Å². The molecule has 0 saturated heterocycles. The second kappa shape index (κ2) is 9.31. The minimum absolute atomic E-state index is 0.0747. The number of nitrogens with one attached hydrogen (secondary N) is 2. The van der Waals surface area contributed by atoms with Gasteiger partial charge in [-0.1, -0.05) is 60.1 Å². The average Bonchev–Trinajstić information content (AvgIpc) is 2.70. The van der Waals surface area contributed by atoms with E-state index in [-0.39, 0.29) is 24.5 Å². The van der Waals surface area contributed by atoms with Crippen molar-refractivity contribution in [3.05, 3.63) is 101 Å². The first-order chi connectivity index (χ1) is 13.1. The standard InChI is InChI=1S/C22H22ClN3O/c1-16(17-10-12-19(23)13-11-17)26-21(27)15-25-22(18-7-3-2-4-8-18)20-9-5-6-14-24-20/h2-14,16,22,25H,15H2,1H3,(H,26,27). The first-order valence-corrected chi connectivity index (χ1v) is 9.25. The maximum atomic E-state index is 12.4. The van der Waals surface area contributed by atoms with Crippen LogP contribution in [0.5, 0.6) is 0 Å². The number of hydrogen-bond donors (Lipinski definition) is 2. The molecule has 0 saturated carbocycles. The fourth-order valence-electron chi connectivity index (χ4n) is 2.91. The number of nitrogens with zero attached hydrogens (tertiary/aromatic N) is 1. The molecule has 1 amide bonds. The van der Waals surface area contributed by atoms with Gasteiger partial charge in [0.05, 0.1) is 24.3 Å². The number of aromatic nitrogens is 1. The number of benzene rings is 2. The van der Waals surface area contributed by atoms with Crippen LogP contribution < -0.4 is 10.6 Å². The molecule has 2 N–H and O–H groups in total. The molecule has 27 heavy (non-hydrogen) atoms. The highest BCUT2D eigenvalue weighted by atomic mass is 35.5. The molecule has 2 aromatic carbocycles. The van der Waals surface area contributed by atoms with Crippen molar-refractivity contribution in [1.29, 1.82) is 0 Å². The summed E-state index contributed by atoms with van der Waals surface area (Å²) < 4.78 is 0. The molecule has 4 nitrogen and oxygen atoms in total. The molecular weight excluding hydrogens is 358 g/mol. The van der Waals surface area contributed by atoms with E-state index in [9.17, 15) is 4.79 Å². The number of pyridine rings is 1. The molecule has 3 aromatic rings. The molecule has 2 atom stereocenters. The van der Waals surface area contributed by atoms with Crippen LogP contribution in [0.3, 0.4) is 0 Å². The van der Waals surface area contributed by atoms with Crippen LogP contribution in [0, 0.1) is 0 Å². The molecule has 2 unspecified atom stereocenters. The first kappa shape index (κ1) is 19.1. The molecule has 0 fully saturated rings. The molecule has 1 aromatic heterocycles. The molecule has 138 valence electrons. The van der Waals surface area contributed by atoms with Crippen molar-refractivity contribution >= 4 is 17.5 Å². The van der Waals surface area contributed by atoms with Crippen molar-refractivity contribution in [1.82, 2.24) is 15.6 Å². The van der Waals surface area contributed by atoms with Crippen LogP contribution in [0.15, 0.2) is 79.0 Å². The fraction of sp³-hybridized carbons (Fsp3) is 0.182. The minimum atomic E-state index is -0.149.